The maximum absolute atomic E-state index is 11.6. The van der Waals surface area contributed by atoms with E-state index < -0.39 is 5.60 Å². The van der Waals surface area contributed by atoms with Crippen LogP contribution in [0.3, 0.4) is 0 Å². The van der Waals surface area contributed by atoms with E-state index >= 15 is 0 Å². The standard InChI is InChI=1S/C14H30N2O2/c1-11(2)9-14(5,18)10-16-13(17)7-6-8-15-12(3)4/h11-12,15,18H,6-10H2,1-5H3,(H,16,17). The minimum absolute atomic E-state index is 0.0181. The summed E-state index contributed by atoms with van der Waals surface area (Å²) in [5, 5.41) is 16.1. The smallest absolute Gasteiger partial charge is 0.220 e. The maximum atomic E-state index is 11.6. The molecule has 1 atom stereocenters. The molecule has 0 saturated carbocycles. The number of rotatable bonds is 9. The van der Waals surface area contributed by atoms with Gasteiger partial charge in [-0.05, 0) is 32.2 Å². The Morgan fingerprint density at radius 3 is 2.39 bits per heavy atom. The van der Waals surface area contributed by atoms with Crippen molar-refractivity contribution in [1.82, 2.24) is 10.6 Å². The quantitative estimate of drug-likeness (QED) is 0.551. The van der Waals surface area contributed by atoms with Gasteiger partial charge in [0.15, 0.2) is 0 Å². The second kappa shape index (κ2) is 8.48. The van der Waals surface area contributed by atoms with Crippen LogP contribution < -0.4 is 10.6 Å². The van der Waals surface area contributed by atoms with E-state index in [1.807, 2.05) is 0 Å². The Bertz CT molecular complexity index is 238. The Labute approximate surface area is 112 Å². The van der Waals surface area contributed by atoms with Crippen molar-refractivity contribution in [3.63, 3.8) is 0 Å². The van der Waals surface area contributed by atoms with Crippen molar-refractivity contribution < 1.29 is 9.90 Å². The van der Waals surface area contributed by atoms with Gasteiger partial charge in [-0.2, -0.15) is 0 Å². The van der Waals surface area contributed by atoms with Gasteiger partial charge in [0, 0.05) is 19.0 Å². The van der Waals surface area contributed by atoms with Gasteiger partial charge in [0.2, 0.25) is 5.91 Å². The number of aliphatic hydroxyl groups is 1. The van der Waals surface area contributed by atoms with Crippen molar-refractivity contribution in [3.8, 4) is 0 Å². The van der Waals surface area contributed by atoms with E-state index in [-0.39, 0.29) is 5.91 Å². The molecule has 0 aromatic rings. The number of hydrogen-bond donors (Lipinski definition) is 3. The van der Waals surface area contributed by atoms with E-state index in [0.29, 0.717) is 31.3 Å². The fourth-order valence-corrected chi connectivity index (χ4v) is 1.97. The van der Waals surface area contributed by atoms with Crippen LogP contribution >= 0.6 is 0 Å². The first-order valence-corrected chi connectivity index (χ1v) is 6.95. The minimum atomic E-state index is -0.806. The van der Waals surface area contributed by atoms with Crippen LogP contribution in [0, 0.1) is 5.92 Å². The highest BCUT2D eigenvalue weighted by Gasteiger charge is 2.22. The molecule has 1 unspecified atom stereocenters. The lowest BCUT2D eigenvalue weighted by Crippen LogP contribution is -2.41. The van der Waals surface area contributed by atoms with Gasteiger partial charge in [-0.1, -0.05) is 27.7 Å². The first kappa shape index (κ1) is 17.4. The lowest BCUT2D eigenvalue weighted by Gasteiger charge is -2.25. The summed E-state index contributed by atoms with van der Waals surface area (Å²) in [6.45, 7) is 11.3. The van der Waals surface area contributed by atoms with Crippen LogP contribution in [0.15, 0.2) is 0 Å². The molecule has 0 aliphatic heterocycles. The Kier molecular flexibility index (Phi) is 8.20. The van der Waals surface area contributed by atoms with Gasteiger partial charge in [-0.15, -0.1) is 0 Å². The monoisotopic (exact) mass is 258 g/mol. The number of amides is 1. The summed E-state index contributed by atoms with van der Waals surface area (Å²) >= 11 is 0. The van der Waals surface area contributed by atoms with E-state index in [1.165, 1.54) is 0 Å². The highest BCUT2D eigenvalue weighted by Crippen LogP contribution is 2.14. The highest BCUT2D eigenvalue weighted by molar-refractivity contribution is 5.75. The number of carbonyl (C=O) groups excluding carboxylic acids is 1. The summed E-state index contributed by atoms with van der Waals surface area (Å²) in [5.74, 6) is 0.441. The lowest BCUT2D eigenvalue weighted by atomic mass is 9.94. The van der Waals surface area contributed by atoms with Gasteiger partial charge in [-0.3, -0.25) is 4.79 Å². The second-order valence-corrected chi connectivity index (χ2v) is 6.08. The topological polar surface area (TPSA) is 61.4 Å². The molecule has 108 valence electrons. The van der Waals surface area contributed by atoms with Crippen molar-refractivity contribution in [1.29, 1.82) is 0 Å². The maximum Gasteiger partial charge on any atom is 0.220 e. The fraction of sp³-hybridized carbons (Fsp3) is 0.929. The summed E-state index contributed by atoms with van der Waals surface area (Å²) in [7, 11) is 0. The molecule has 0 spiro atoms. The Morgan fingerprint density at radius 2 is 1.89 bits per heavy atom. The Hall–Kier alpha value is -0.610. The highest BCUT2D eigenvalue weighted by atomic mass is 16.3. The molecule has 0 heterocycles. The van der Waals surface area contributed by atoms with Crippen molar-refractivity contribution in [2.24, 2.45) is 5.92 Å². The molecule has 0 rings (SSSR count). The fourth-order valence-electron chi connectivity index (χ4n) is 1.97. The van der Waals surface area contributed by atoms with E-state index in [1.54, 1.807) is 6.92 Å². The van der Waals surface area contributed by atoms with Gasteiger partial charge in [0.05, 0.1) is 5.60 Å². The molecule has 0 aromatic carbocycles. The first-order valence-electron chi connectivity index (χ1n) is 6.95. The molecule has 0 aromatic heterocycles. The zero-order valence-electron chi connectivity index (χ0n) is 12.5. The van der Waals surface area contributed by atoms with E-state index in [9.17, 15) is 9.90 Å². The summed E-state index contributed by atoms with van der Waals surface area (Å²) < 4.78 is 0. The third-order valence-corrected chi connectivity index (χ3v) is 2.65. The average Bonchev–Trinajstić information content (AvgIpc) is 2.19. The Morgan fingerprint density at radius 1 is 1.28 bits per heavy atom. The predicted octanol–water partition coefficient (Wildman–Crippen LogP) is 1.68. The van der Waals surface area contributed by atoms with Crippen molar-refractivity contribution in [3.05, 3.63) is 0 Å². The van der Waals surface area contributed by atoms with Gasteiger partial charge in [-0.25, -0.2) is 0 Å². The molecule has 18 heavy (non-hydrogen) atoms. The average molecular weight is 258 g/mol. The minimum Gasteiger partial charge on any atom is -0.388 e. The Balaban J connectivity index is 3.69. The largest absolute Gasteiger partial charge is 0.388 e. The molecular formula is C14H30N2O2. The molecule has 3 N–H and O–H groups in total. The van der Waals surface area contributed by atoms with E-state index in [2.05, 4.69) is 38.3 Å². The van der Waals surface area contributed by atoms with Crippen molar-refractivity contribution >= 4 is 5.91 Å². The molecule has 0 aliphatic rings. The van der Waals surface area contributed by atoms with Crippen molar-refractivity contribution in [2.75, 3.05) is 13.1 Å². The number of hydrogen-bond acceptors (Lipinski definition) is 3. The van der Waals surface area contributed by atoms with Crippen LogP contribution in [0.2, 0.25) is 0 Å². The van der Waals surface area contributed by atoms with Crippen LogP contribution in [0.5, 0.6) is 0 Å². The van der Waals surface area contributed by atoms with Crippen molar-refractivity contribution in [2.45, 2.75) is 65.5 Å². The molecular weight excluding hydrogens is 228 g/mol. The summed E-state index contributed by atoms with van der Waals surface area (Å²) in [6, 6.07) is 0.458. The summed E-state index contributed by atoms with van der Waals surface area (Å²) in [5.41, 5.74) is -0.806. The van der Waals surface area contributed by atoms with Crippen LogP contribution in [-0.4, -0.2) is 35.7 Å². The number of nitrogens with one attached hydrogen (secondary N) is 2. The van der Waals surface area contributed by atoms with Crippen LogP contribution in [0.1, 0.15) is 53.9 Å². The van der Waals surface area contributed by atoms with Crippen LogP contribution in [0.25, 0.3) is 0 Å². The SMILES string of the molecule is CC(C)CC(C)(O)CNC(=O)CCCNC(C)C. The summed E-state index contributed by atoms with van der Waals surface area (Å²) in [6.07, 6.45) is 2.04. The molecule has 0 radical (unpaired) electrons. The van der Waals surface area contributed by atoms with Gasteiger partial charge in [0.25, 0.3) is 0 Å². The van der Waals surface area contributed by atoms with E-state index in [0.717, 1.165) is 13.0 Å². The summed E-state index contributed by atoms with van der Waals surface area (Å²) in [4.78, 5) is 11.6. The van der Waals surface area contributed by atoms with Gasteiger partial charge < -0.3 is 15.7 Å². The van der Waals surface area contributed by atoms with Crippen LogP contribution in [-0.2, 0) is 4.79 Å². The molecule has 4 nitrogen and oxygen atoms in total. The number of carbonyl (C=O) groups is 1. The molecule has 0 fully saturated rings. The predicted molar refractivity (Wildman–Crippen MR) is 75.5 cm³/mol. The zero-order valence-corrected chi connectivity index (χ0v) is 12.5. The molecule has 0 saturated heterocycles. The molecule has 0 aliphatic carbocycles. The first-order chi connectivity index (χ1) is 8.23. The van der Waals surface area contributed by atoms with Crippen LogP contribution in [0.4, 0.5) is 0 Å². The zero-order chi connectivity index (χ0) is 14.2. The third-order valence-electron chi connectivity index (χ3n) is 2.65. The third kappa shape index (κ3) is 10.5. The normalized spacial score (nSPS) is 14.9. The lowest BCUT2D eigenvalue weighted by molar-refractivity contribution is -0.122. The van der Waals surface area contributed by atoms with E-state index in [4.69, 9.17) is 0 Å². The molecule has 1 amide bonds. The van der Waals surface area contributed by atoms with Gasteiger partial charge >= 0.3 is 0 Å². The van der Waals surface area contributed by atoms with Gasteiger partial charge in [0.1, 0.15) is 0 Å². The second-order valence-electron chi connectivity index (χ2n) is 6.08. The molecule has 0 bridgehead atoms. The molecule has 4 heteroatoms.